The molecule has 1 aromatic carbocycles. The summed E-state index contributed by atoms with van der Waals surface area (Å²) in [6.07, 6.45) is 3.15. The molecule has 2 aromatic rings. The summed E-state index contributed by atoms with van der Waals surface area (Å²) < 4.78 is 10.4. The number of rotatable bonds is 5. The van der Waals surface area contributed by atoms with Gasteiger partial charge in [-0.1, -0.05) is 12.1 Å². The van der Waals surface area contributed by atoms with Gasteiger partial charge in [-0.15, -0.1) is 0 Å². The molecule has 0 radical (unpaired) electrons. The van der Waals surface area contributed by atoms with E-state index in [2.05, 4.69) is 9.97 Å². The minimum absolute atomic E-state index is 0.0335. The Labute approximate surface area is 105 Å². The molecule has 0 atom stereocenters. The second-order valence-corrected chi connectivity index (χ2v) is 3.51. The number of benzene rings is 1. The number of ether oxygens (including phenoxy) is 2. The van der Waals surface area contributed by atoms with Crippen LogP contribution in [-0.4, -0.2) is 35.4 Å². The molecule has 1 N–H and O–H groups in total. The van der Waals surface area contributed by atoms with Gasteiger partial charge >= 0.3 is 0 Å². The van der Waals surface area contributed by atoms with Gasteiger partial charge < -0.3 is 14.6 Å². The number of para-hydroxylation sites is 1. The van der Waals surface area contributed by atoms with Crippen LogP contribution in [0.4, 0.5) is 0 Å². The number of hydrogen-bond acceptors (Lipinski definition) is 5. The Morgan fingerprint density at radius 3 is 2.56 bits per heavy atom. The number of hydrogen-bond donors (Lipinski definition) is 1. The summed E-state index contributed by atoms with van der Waals surface area (Å²) in [6.45, 7) is 0.200. The van der Waals surface area contributed by atoms with Gasteiger partial charge in [0.1, 0.15) is 12.4 Å². The summed E-state index contributed by atoms with van der Waals surface area (Å²) >= 11 is 0. The van der Waals surface area contributed by atoms with E-state index in [4.69, 9.17) is 14.6 Å². The van der Waals surface area contributed by atoms with Gasteiger partial charge in [0, 0.05) is 0 Å². The average Bonchev–Trinajstić information content (AvgIpc) is 2.45. The van der Waals surface area contributed by atoms with E-state index in [0.717, 1.165) is 11.3 Å². The fraction of sp³-hybridized carbons (Fsp3) is 0.231. The number of methoxy groups -OCH3 is 1. The maximum absolute atomic E-state index is 8.65. The Morgan fingerprint density at radius 2 is 1.89 bits per heavy atom. The van der Waals surface area contributed by atoms with E-state index in [9.17, 15) is 0 Å². The molecule has 18 heavy (non-hydrogen) atoms. The van der Waals surface area contributed by atoms with Gasteiger partial charge in [-0.3, -0.25) is 0 Å². The smallest absolute Gasteiger partial charge is 0.163 e. The number of aromatic nitrogens is 2. The van der Waals surface area contributed by atoms with Crippen LogP contribution in [0, 0.1) is 0 Å². The lowest BCUT2D eigenvalue weighted by Gasteiger charge is -2.07. The van der Waals surface area contributed by atoms with E-state index in [0.29, 0.717) is 11.6 Å². The molecule has 0 saturated heterocycles. The van der Waals surface area contributed by atoms with Gasteiger partial charge in [-0.2, -0.15) is 0 Å². The van der Waals surface area contributed by atoms with E-state index in [1.807, 2.05) is 24.3 Å². The number of aliphatic hydroxyl groups is 1. The van der Waals surface area contributed by atoms with Crippen molar-refractivity contribution in [3.63, 3.8) is 0 Å². The predicted octanol–water partition coefficient (Wildman–Crippen LogP) is 1.52. The third-order valence-corrected chi connectivity index (χ3v) is 2.34. The van der Waals surface area contributed by atoms with E-state index in [-0.39, 0.29) is 13.2 Å². The van der Waals surface area contributed by atoms with Crippen LogP contribution in [0.3, 0.4) is 0 Å². The molecule has 2 rings (SSSR count). The third-order valence-electron chi connectivity index (χ3n) is 2.34. The Morgan fingerprint density at radius 1 is 1.17 bits per heavy atom. The molecule has 0 fully saturated rings. The summed E-state index contributed by atoms with van der Waals surface area (Å²) in [6, 6.07) is 7.54. The van der Waals surface area contributed by atoms with Crippen molar-refractivity contribution in [2.24, 2.45) is 0 Å². The number of nitrogens with zero attached hydrogens (tertiary/aromatic N) is 2. The lowest BCUT2D eigenvalue weighted by molar-refractivity contribution is 0.200. The van der Waals surface area contributed by atoms with E-state index >= 15 is 0 Å². The normalized spacial score (nSPS) is 10.1. The minimum atomic E-state index is -0.0335. The van der Waals surface area contributed by atoms with Gasteiger partial charge in [0.25, 0.3) is 0 Å². The molecule has 94 valence electrons. The first-order chi connectivity index (χ1) is 8.85. The van der Waals surface area contributed by atoms with Crippen LogP contribution in [0.1, 0.15) is 0 Å². The summed E-state index contributed by atoms with van der Waals surface area (Å²) in [5.74, 6) is 1.83. The van der Waals surface area contributed by atoms with Gasteiger partial charge in [0.2, 0.25) is 0 Å². The Bertz CT molecular complexity index is 500. The summed E-state index contributed by atoms with van der Waals surface area (Å²) in [4.78, 5) is 8.43. The maximum Gasteiger partial charge on any atom is 0.163 e. The third kappa shape index (κ3) is 2.75. The van der Waals surface area contributed by atoms with Crippen LogP contribution in [0.15, 0.2) is 36.7 Å². The highest BCUT2D eigenvalue weighted by Gasteiger charge is 2.07. The van der Waals surface area contributed by atoms with Crippen molar-refractivity contribution in [2.75, 3.05) is 20.3 Å². The highest BCUT2D eigenvalue weighted by Crippen LogP contribution is 2.26. The van der Waals surface area contributed by atoms with Crippen molar-refractivity contribution in [1.82, 2.24) is 9.97 Å². The topological polar surface area (TPSA) is 64.5 Å². The lowest BCUT2D eigenvalue weighted by Crippen LogP contribution is -2.02. The zero-order chi connectivity index (χ0) is 12.8. The van der Waals surface area contributed by atoms with E-state index in [1.165, 1.54) is 0 Å². The minimum Gasteiger partial charge on any atom is -0.496 e. The van der Waals surface area contributed by atoms with Crippen molar-refractivity contribution < 1.29 is 14.6 Å². The maximum atomic E-state index is 8.65. The van der Waals surface area contributed by atoms with Gasteiger partial charge in [-0.25, -0.2) is 9.97 Å². The molecule has 0 aliphatic carbocycles. The second kappa shape index (κ2) is 5.97. The molecule has 0 spiro atoms. The fourth-order valence-electron chi connectivity index (χ4n) is 1.52. The summed E-state index contributed by atoms with van der Waals surface area (Å²) in [5.41, 5.74) is 0.828. The highest BCUT2D eigenvalue weighted by atomic mass is 16.5. The molecule has 0 saturated carbocycles. The SMILES string of the molecule is COc1ccccc1-c1ncc(OCCO)cn1. The van der Waals surface area contributed by atoms with Crippen LogP contribution >= 0.6 is 0 Å². The predicted molar refractivity (Wildman–Crippen MR) is 66.6 cm³/mol. The molecule has 1 heterocycles. The quantitative estimate of drug-likeness (QED) is 0.866. The summed E-state index contributed by atoms with van der Waals surface area (Å²) in [7, 11) is 1.61. The number of aliphatic hydroxyl groups excluding tert-OH is 1. The second-order valence-electron chi connectivity index (χ2n) is 3.51. The van der Waals surface area contributed by atoms with Crippen LogP contribution in [-0.2, 0) is 0 Å². The molecular weight excluding hydrogens is 232 g/mol. The first kappa shape index (κ1) is 12.3. The van der Waals surface area contributed by atoms with Crippen LogP contribution in [0.5, 0.6) is 11.5 Å². The van der Waals surface area contributed by atoms with Gasteiger partial charge in [0.05, 0.1) is 31.7 Å². The van der Waals surface area contributed by atoms with Crippen molar-refractivity contribution in [1.29, 1.82) is 0 Å². The molecular formula is C13H14N2O3. The molecule has 0 unspecified atom stereocenters. The van der Waals surface area contributed by atoms with Gasteiger partial charge in [-0.05, 0) is 12.1 Å². The molecule has 0 amide bonds. The Hall–Kier alpha value is -2.14. The Balaban J connectivity index is 2.23. The largest absolute Gasteiger partial charge is 0.496 e. The Kier molecular flexibility index (Phi) is 4.09. The first-order valence-electron chi connectivity index (χ1n) is 5.54. The molecule has 5 nitrogen and oxygen atoms in total. The summed E-state index contributed by atoms with van der Waals surface area (Å²) in [5, 5.41) is 8.65. The van der Waals surface area contributed by atoms with Crippen molar-refractivity contribution in [3.8, 4) is 22.9 Å². The zero-order valence-corrected chi connectivity index (χ0v) is 10.0. The van der Waals surface area contributed by atoms with Crippen molar-refractivity contribution >= 4 is 0 Å². The molecule has 0 aliphatic rings. The van der Waals surface area contributed by atoms with Crippen molar-refractivity contribution in [2.45, 2.75) is 0 Å². The standard InChI is InChI=1S/C13H14N2O3/c1-17-12-5-3-2-4-11(12)13-14-8-10(9-15-13)18-7-6-16/h2-5,8-9,16H,6-7H2,1H3. The van der Waals surface area contributed by atoms with Gasteiger partial charge in [0.15, 0.2) is 11.6 Å². The first-order valence-corrected chi connectivity index (χ1v) is 5.54. The molecule has 0 aliphatic heterocycles. The van der Waals surface area contributed by atoms with E-state index < -0.39 is 0 Å². The average molecular weight is 246 g/mol. The van der Waals surface area contributed by atoms with Crippen molar-refractivity contribution in [3.05, 3.63) is 36.7 Å². The van der Waals surface area contributed by atoms with Crippen LogP contribution < -0.4 is 9.47 Å². The molecule has 1 aromatic heterocycles. The fourth-order valence-corrected chi connectivity index (χ4v) is 1.52. The molecule has 0 bridgehead atoms. The van der Waals surface area contributed by atoms with E-state index in [1.54, 1.807) is 19.5 Å². The highest BCUT2D eigenvalue weighted by molar-refractivity contribution is 5.63. The lowest BCUT2D eigenvalue weighted by atomic mass is 10.2. The zero-order valence-electron chi connectivity index (χ0n) is 10.0. The van der Waals surface area contributed by atoms with Crippen LogP contribution in [0.2, 0.25) is 0 Å². The van der Waals surface area contributed by atoms with Crippen LogP contribution in [0.25, 0.3) is 11.4 Å². The molecule has 5 heteroatoms. The monoisotopic (exact) mass is 246 g/mol.